The van der Waals surface area contributed by atoms with Crippen molar-refractivity contribution in [1.29, 1.82) is 0 Å². The smallest absolute Gasteiger partial charge is 0.255 e. The van der Waals surface area contributed by atoms with Crippen molar-refractivity contribution in [3.05, 3.63) is 66.1 Å². The maximum absolute atomic E-state index is 13.4. The molecule has 1 fully saturated rings. The maximum Gasteiger partial charge on any atom is 0.255 e. The zero-order valence-electron chi connectivity index (χ0n) is 19.8. The van der Waals surface area contributed by atoms with Crippen LogP contribution in [-0.2, 0) is 4.74 Å². The van der Waals surface area contributed by atoms with E-state index < -0.39 is 0 Å². The van der Waals surface area contributed by atoms with Gasteiger partial charge in [-0.1, -0.05) is 26.0 Å². The van der Waals surface area contributed by atoms with Crippen molar-refractivity contribution in [2.45, 2.75) is 19.9 Å². The monoisotopic (exact) mass is 466 g/mol. The number of methoxy groups -OCH3 is 1. The fraction of sp³-hybridized carbons (Fsp3) is 0.385. The summed E-state index contributed by atoms with van der Waals surface area (Å²) >= 11 is 0. The summed E-state index contributed by atoms with van der Waals surface area (Å²) in [4.78, 5) is 15.8. The molecule has 1 N–H and O–H groups in total. The first kappa shape index (κ1) is 23.9. The van der Waals surface area contributed by atoms with E-state index >= 15 is 0 Å². The summed E-state index contributed by atoms with van der Waals surface area (Å²) in [6, 6.07) is 13.7. The molecule has 34 heavy (non-hydrogen) atoms. The average molecular weight is 467 g/mol. The molecule has 3 aromatic rings. The average Bonchev–Trinajstić information content (AvgIpc) is 3.31. The van der Waals surface area contributed by atoms with Gasteiger partial charge < -0.3 is 14.8 Å². The van der Waals surface area contributed by atoms with E-state index in [1.165, 1.54) is 12.1 Å². The highest BCUT2D eigenvalue weighted by atomic mass is 19.1. The van der Waals surface area contributed by atoms with Gasteiger partial charge in [0.1, 0.15) is 17.3 Å². The second-order valence-corrected chi connectivity index (χ2v) is 8.71. The molecule has 2 heterocycles. The van der Waals surface area contributed by atoms with E-state index in [1.54, 1.807) is 30.1 Å². The number of hydrogen-bond donors (Lipinski definition) is 1. The van der Waals surface area contributed by atoms with Crippen LogP contribution in [0.2, 0.25) is 0 Å². The SMILES string of the molecule is COc1cccc(-c2nn(-c3ccc(F)cc3)cc2C(=O)NC[C@@H](C(C)C)N2CCOCC2)c1. The minimum Gasteiger partial charge on any atom is -0.497 e. The molecule has 7 nitrogen and oxygen atoms in total. The fourth-order valence-electron chi connectivity index (χ4n) is 4.24. The van der Waals surface area contributed by atoms with Gasteiger partial charge in [-0.2, -0.15) is 5.10 Å². The van der Waals surface area contributed by atoms with Gasteiger partial charge in [0.25, 0.3) is 5.91 Å². The predicted molar refractivity (Wildman–Crippen MR) is 129 cm³/mol. The third kappa shape index (κ3) is 5.46. The van der Waals surface area contributed by atoms with E-state index in [0.717, 1.165) is 18.7 Å². The number of morpholine rings is 1. The van der Waals surface area contributed by atoms with Crippen molar-refractivity contribution in [2.24, 2.45) is 5.92 Å². The van der Waals surface area contributed by atoms with Gasteiger partial charge in [0, 0.05) is 37.4 Å². The van der Waals surface area contributed by atoms with Gasteiger partial charge in [0.05, 0.1) is 31.6 Å². The minimum absolute atomic E-state index is 0.204. The maximum atomic E-state index is 13.4. The Morgan fingerprint density at radius 2 is 1.91 bits per heavy atom. The summed E-state index contributed by atoms with van der Waals surface area (Å²) in [6.45, 7) is 7.99. The van der Waals surface area contributed by atoms with Gasteiger partial charge in [0.15, 0.2) is 0 Å². The molecule has 1 aliphatic rings. The Hall–Kier alpha value is -3.23. The van der Waals surface area contributed by atoms with E-state index in [2.05, 4.69) is 29.2 Å². The Morgan fingerprint density at radius 1 is 1.18 bits per heavy atom. The first-order valence-corrected chi connectivity index (χ1v) is 11.6. The van der Waals surface area contributed by atoms with Crippen molar-refractivity contribution in [1.82, 2.24) is 20.0 Å². The third-order valence-electron chi connectivity index (χ3n) is 6.15. The predicted octanol–water partition coefficient (Wildman–Crippen LogP) is 3.77. The normalized spacial score (nSPS) is 15.3. The topological polar surface area (TPSA) is 68.6 Å². The van der Waals surface area contributed by atoms with Crippen LogP contribution in [0.15, 0.2) is 54.7 Å². The number of halogens is 1. The number of carbonyl (C=O) groups excluding carboxylic acids is 1. The Balaban J connectivity index is 1.63. The molecule has 0 radical (unpaired) electrons. The molecule has 1 atom stereocenters. The van der Waals surface area contributed by atoms with Gasteiger partial charge in [-0.05, 0) is 42.3 Å². The van der Waals surface area contributed by atoms with Crippen LogP contribution in [0.25, 0.3) is 16.9 Å². The molecule has 0 unspecified atom stereocenters. The Morgan fingerprint density at radius 3 is 2.59 bits per heavy atom. The van der Waals surface area contributed by atoms with E-state index in [4.69, 9.17) is 9.47 Å². The molecule has 0 saturated carbocycles. The Labute approximate surface area is 199 Å². The molecule has 1 aliphatic heterocycles. The van der Waals surface area contributed by atoms with Crippen LogP contribution in [0.3, 0.4) is 0 Å². The number of ether oxygens (including phenoxy) is 2. The van der Waals surface area contributed by atoms with Crippen LogP contribution < -0.4 is 10.1 Å². The van der Waals surface area contributed by atoms with Gasteiger partial charge in [-0.25, -0.2) is 9.07 Å². The Bertz CT molecular complexity index is 1110. The minimum atomic E-state index is -0.329. The zero-order valence-corrected chi connectivity index (χ0v) is 19.8. The van der Waals surface area contributed by atoms with Gasteiger partial charge >= 0.3 is 0 Å². The molecule has 4 rings (SSSR count). The molecule has 1 amide bonds. The lowest BCUT2D eigenvalue weighted by molar-refractivity contribution is 0.00673. The van der Waals surface area contributed by atoms with E-state index in [-0.39, 0.29) is 17.8 Å². The number of amides is 1. The molecule has 0 bridgehead atoms. The number of rotatable bonds is 8. The summed E-state index contributed by atoms with van der Waals surface area (Å²) in [7, 11) is 1.60. The third-order valence-corrected chi connectivity index (χ3v) is 6.15. The van der Waals surface area contributed by atoms with Crippen molar-refractivity contribution >= 4 is 5.91 Å². The summed E-state index contributed by atoms with van der Waals surface area (Å²) in [6.07, 6.45) is 1.69. The zero-order chi connectivity index (χ0) is 24.1. The van der Waals surface area contributed by atoms with Crippen molar-refractivity contribution in [3.8, 4) is 22.7 Å². The van der Waals surface area contributed by atoms with Crippen LogP contribution in [-0.4, -0.2) is 66.6 Å². The lowest BCUT2D eigenvalue weighted by Gasteiger charge is -2.36. The van der Waals surface area contributed by atoms with E-state index in [0.29, 0.717) is 48.4 Å². The lowest BCUT2D eigenvalue weighted by atomic mass is 10.0. The molecule has 0 aliphatic carbocycles. The van der Waals surface area contributed by atoms with Crippen molar-refractivity contribution in [2.75, 3.05) is 40.0 Å². The van der Waals surface area contributed by atoms with Crippen LogP contribution in [0.1, 0.15) is 24.2 Å². The van der Waals surface area contributed by atoms with Crippen LogP contribution in [0.4, 0.5) is 4.39 Å². The molecule has 0 spiro atoms. The van der Waals surface area contributed by atoms with E-state index in [9.17, 15) is 9.18 Å². The lowest BCUT2D eigenvalue weighted by Crippen LogP contribution is -2.51. The summed E-state index contributed by atoms with van der Waals surface area (Å²) in [5, 5.41) is 7.80. The summed E-state index contributed by atoms with van der Waals surface area (Å²) in [5.41, 5.74) is 2.41. The molecular formula is C26H31FN4O3. The highest BCUT2D eigenvalue weighted by molar-refractivity contribution is 6.00. The van der Waals surface area contributed by atoms with E-state index in [1.807, 2.05) is 24.3 Å². The molecule has 180 valence electrons. The fourth-order valence-corrected chi connectivity index (χ4v) is 4.24. The standard InChI is InChI=1S/C26H31FN4O3/c1-18(2)24(30-11-13-34-14-12-30)16-28-26(32)23-17-31(21-9-7-20(27)8-10-21)29-25(23)19-5-4-6-22(15-19)33-3/h4-10,15,17-18,24H,11-14,16H2,1-3H3,(H,28,32)/t24-/m0/s1. The number of nitrogens with zero attached hydrogens (tertiary/aromatic N) is 3. The largest absolute Gasteiger partial charge is 0.497 e. The highest BCUT2D eigenvalue weighted by Crippen LogP contribution is 2.27. The molecule has 1 saturated heterocycles. The van der Waals surface area contributed by atoms with Crippen molar-refractivity contribution in [3.63, 3.8) is 0 Å². The number of benzene rings is 2. The number of hydrogen-bond acceptors (Lipinski definition) is 5. The Kier molecular flexibility index (Phi) is 7.59. The van der Waals surface area contributed by atoms with Crippen molar-refractivity contribution < 1.29 is 18.7 Å². The first-order chi connectivity index (χ1) is 16.5. The second-order valence-electron chi connectivity index (χ2n) is 8.71. The number of carbonyl (C=O) groups is 1. The molecule has 8 heteroatoms. The second kappa shape index (κ2) is 10.8. The summed E-state index contributed by atoms with van der Waals surface area (Å²) in [5.74, 6) is 0.514. The molecule has 1 aromatic heterocycles. The van der Waals surface area contributed by atoms with Crippen LogP contribution in [0, 0.1) is 11.7 Å². The number of nitrogens with one attached hydrogen (secondary N) is 1. The van der Waals surface area contributed by atoms with Crippen LogP contribution >= 0.6 is 0 Å². The first-order valence-electron chi connectivity index (χ1n) is 11.6. The highest BCUT2D eigenvalue weighted by Gasteiger charge is 2.26. The molecular weight excluding hydrogens is 435 g/mol. The van der Waals surface area contributed by atoms with Gasteiger partial charge in [-0.3, -0.25) is 9.69 Å². The number of aromatic nitrogens is 2. The quantitative estimate of drug-likeness (QED) is 0.547. The van der Waals surface area contributed by atoms with Gasteiger partial charge in [0.2, 0.25) is 0 Å². The molecule has 2 aromatic carbocycles. The summed E-state index contributed by atoms with van der Waals surface area (Å²) < 4.78 is 25.9. The van der Waals surface area contributed by atoms with Gasteiger partial charge in [-0.15, -0.1) is 0 Å². The van der Waals surface area contributed by atoms with Crippen LogP contribution in [0.5, 0.6) is 5.75 Å².